The third-order valence-corrected chi connectivity index (χ3v) is 2.70. The predicted molar refractivity (Wildman–Crippen MR) is 59.7 cm³/mol. The molecule has 2 nitrogen and oxygen atoms in total. The molecule has 0 unspecified atom stereocenters. The fourth-order valence-electron chi connectivity index (χ4n) is 1.76. The molecule has 14 heavy (non-hydrogen) atoms. The first-order valence-electron chi connectivity index (χ1n) is 4.84. The summed E-state index contributed by atoms with van der Waals surface area (Å²) in [5, 5.41) is 6.39. The Hall–Kier alpha value is -1.02. The van der Waals surface area contributed by atoms with Crippen LogP contribution in [0.4, 0.5) is 0 Å². The van der Waals surface area contributed by atoms with E-state index in [4.69, 9.17) is 11.6 Å². The summed E-state index contributed by atoms with van der Waals surface area (Å²) in [6, 6.07) is 5.93. The largest absolute Gasteiger partial charge is 0.268 e. The quantitative estimate of drug-likeness (QED) is 0.741. The van der Waals surface area contributed by atoms with Crippen LogP contribution in [0.2, 0.25) is 5.02 Å². The van der Waals surface area contributed by atoms with Crippen molar-refractivity contribution in [3.05, 3.63) is 28.9 Å². The summed E-state index contributed by atoms with van der Waals surface area (Å²) >= 11 is 6.16. The van der Waals surface area contributed by atoms with E-state index in [2.05, 4.69) is 12.0 Å². The van der Waals surface area contributed by atoms with Crippen molar-refractivity contribution in [2.45, 2.75) is 19.8 Å². The van der Waals surface area contributed by atoms with Crippen molar-refractivity contribution in [1.29, 1.82) is 0 Å². The molecule has 0 bridgehead atoms. The molecule has 0 radical (unpaired) electrons. The van der Waals surface area contributed by atoms with Crippen LogP contribution in [-0.2, 0) is 13.5 Å². The Kier molecular flexibility index (Phi) is 2.46. The van der Waals surface area contributed by atoms with Crippen LogP contribution in [0.1, 0.15) is 19.0 Å². The average Bonchev–Trinajstić information content (AvgIpc) is 2.46. The summed E-state index contributed by atoms with van der Waals surface area (Å²) in [5.74, 6) is 0. The third kappa shape index (κ3) is 1.40. The van der Waals surface area contributed by atoms with Crippen molar-refractivity contribution in [2.24, 2.45) is 7.05 Å². The molecule has 2 aromatic rings. The molecule has 2 rings (SSSR count). The van der Waals surface area contributed by atoms with Crippen LogP contribution in [-0.4, -0.2) is 9.78 Å². The maximum absolute atomic E-state index is 6.16. The molecule has 0 aliphatic carbocycles. The first kappa shape index (κ1) is 9.53. The second-order valence-electron chi connectivity index (χ2n) is 3.45. The standard InChI is InChI=1S/C11H13ClN2/c1-3-5-9-11-8(12)6-4-7-10(11)14(2)13-9/h4,6-7H,3,5H2,1-2H3. The number of fused-ring (bicyclic) bond motifs is 1. The third-order valence-electron chi connectivity index (χ3n) is 2.39. The molecule has 0 saturated carbocycles. The number of benzene rings is 1. The van der Waals surface area contributed by atoms with Gasteiger partial charge in [0, 0.05) is 12.4 Å². The summed E-state index contributed by atoms with van der Waals surface area (Å²) < 4.78 is 1.90. The van der Waals surface area contributed by atoms with E-state index in [1.165, 1.54) is 0 Å². The minimum atomic E-state index is 0.805. The molecule has 0 saturated heterocycles. The van der Waals surface area contributed by atoms with Gasteiger partial charge in [0.2, 0.25) is 0 Å². The van der Waals surface area contributed by atoms with Crippen LogP contribution in [0, 0.1) is 0 Å². The summed E-state index contributed by atoms with van der Waals surface area (Å²) in [7, 11) is 1.96. The molecule has 1 aromatic carbocycles. The number of nitrogens with zero attached hydrogens (tertiary/aromatic N) is 2. The monoisotopic (exact) mass is 208 g/mol. The maximum Gasteiger partial charge on any atom is 0.0718 e. The number of hydrogen-bond acceptors (Lipinski definition) is 1. The van der Waals surface area contributed by atoms with Crippen LogP contribution < -0.4 is 0 Å². The van der Waals surface area contributed by atoms with Gasteiger partial charge in [-0.1, -0.05) is 31.0 Å². The van der Waals surface area contributed by atoms with Crippen molar-refractivity contribution in [1.82, 2.24) is 9.78 Å². The molecule has 1 aromatic heterocycles. The zero-order chi connectivity index (χ0) is 10.1. The lowest BCUT2D eigenvalue weighted by molar-refractivity contribution is 0.753. The van der Waals surface area contributed by atoms with Crippen LogP contribution in [0.3, 0.4) is 0 Å². The molecule has 74 valence electrons. The Morgan fingerprint density at radius 2 is 2.21 bits per heavy atom. The van der Waals surface area contributed by atoms with Crippen molar-refractivity contribution in [3.63, 3.8) is 0 Å². The Balaban J connectivity index is 2.72. The predicted octanol–water partition coefficient (Wildman–Crippen LogP) is 3.18. The molecule has 0 amide bonds. The van der Waals surface area contributed by atoms with Gasteiger partial charge in [-0.25, -0.2) is 0 Å². The van der Waals surface area contributed by atoms with Gasteiger partial charge >= 0.3 is 0 Å². The fourth-order valence-corrected chi connectivity index (χ4v) is 2.04. The Morgan fingerprint density at radius 3 is 2.93 bits per heavy atom. The van der Waals surface area contributed by atoms with Gasteiger partial charge in [0.15, 0.2) is 0 Å². The van der Waals surface area contributed by atoms with E-state index in [1.54, 1.807) is 0 Å². The Labute approximate surface area is 88.5 Å². The molecule has 0 atom stereocenters. The normalized spacial score (nSPS) is 11.1. The van der Waals surface area contributed by atoms with Gasteiger partial charge in [-0.15, -0.1) is 0 Å². The average molecular weight is 209 g/mol. The highest BCUT2D eigenvalue weighted by Crippen LogP contribution is 2.26. The number of aryl methyl sites for hydroxylation is 2. The van der Waals surface area contributed by atoms with Gasteiger partial charge in [0.25, 0.3) is 0 Å². The lowest BCUT2D eigenvalue weighted by Gasteiger charge is -1.96. The van der Waals surface area contributed by atoms with Crippen molar-refractivity contribution in [2.75, 3.05) is 0 Å². The molecule has 0 N–H and O–H groups in total. The smallest absolute Gasteiger partial charge is 0.0718 e. The minimum Gasteiger partial charge on any atom is -0.268 e. The molecule has 0 spiro atoms. The fraction of sp³-hybridized carbons (Fsp3) is 0.364. The molecule has 3 heteroatoms. The van der Waals surface area contributed by atoms with Crippen molar-refractivity contribution in [3.8, 4) is 0 Å². The highest BCUT2D eigenvalue weighted by Gasteiger charge is 2.09. The second-order valence-corrected chi connectivity index (χ2v) is 3.86. The van der Waals surface area contributed by atoms with Crippen LogP contribution >= 0.6 is 11.6 Å². The first-order chi connectivity index (χ1) is 6.74. The summed E-state index contributed by atoms with van der Waals surface area (Å²) in [4.78, 5) is 0. The topological polar surface area (TPSA) is 17.8 Å². The number of hydrogen-bond donors (Lipinski definition) is 0. The van der Waals surface area contributed by atoms with E-state index >= 15 is 0 Å². The molecule has 0 aliphatic heterocycles. The summed E-state index contributed by atoms with van der Waals surface area (Å²) in [6.07, 6.45) is 2.08. The van der Waals surface area contributed by atoms with Gasteiger partial charge in [0.05, 0.1) is 16.2 Å². The minimum absolute atomic E-state index is 0.805. The Morgan fingerprint density at radius 1 is 1.43 bits per heavy atom. The van der Waals surface area contributed by atoms with Gasteiger partial charge in [-0.3, -0.25) is 4.68 Å². The van der Waals surface area contributed by atoms with E-state index in [0.717, 1.165) is 34.5 Å². The SMILES string of the molecule is CCCc1nn(C)c2cccc(Cl)c12. The lowest BCUT2D eigenvalue weighted by Crippen LogP contribution is -1.91. The van der Waals surface area contributed by atoms with Gasteiger partial charge in [-0.2, -0.15) is 5.10 Å². The molecule has 0 aliphatic rings. The van der Waals surface area contributed by atoms with E-state index < -0.39 is 0 Å². The van der Waals surface area contributed by atoms with Crippen LogP contribution in [0.15, 0.2) is 18.2 Å². The molecule has 1 heterocycles. The maximum atomic E-state index is 6.16. The zero-order valence-electron chi connectivity index (χ0n) is 8.42. The number of rotatable bonds is 2. The second kappa shape index (κ2) is 3.62. The first-order valence-corrected chi connectivity index (χ1v) is 5.22. The van der Waals surface area contributed by atoms with E-state index in [0.29, 0.717) is 0 Å². The summed E-state index contributed by atoms with van der Waals surface area (Å²) in [5.41, 5.74) is 2.22. The highest BCUT2D eigenvalue weighted by atomic mass is 35.5. The molecule has 0 fully saturated rings. The van der Waals surface area contributed by atoms with Gasteiger partial charge < -0.3 is 0 Å². The summed E-state index contributed by atoms with van der Waals surface area (Å²) in [6.45, 7) is 2.15. The molecular formula is C11H13ClN2. The van der Waals surface area contributed by atoms with Crippen LogP contribution in [0.25, 0.3) is 10.9 Å². The van der Waals surface area contributed by atoms with Gasteiger partial charge in [0.1, 0.15) is 0 Å². The Bertz CT molecular complexity index is 460. The molecular weight excluding hydrogens is 196 g/mol. The number of aromatic nitrogens is 2. The lowest BCUT2D eigenvalue weighted by atomic mass is 10.1. The van der Waals surface area contributed by atoms with Crippen LogP contribution in [0.5, 0.6) is 0 Å². The van der Waals surface area contributed by atoms with Gasteiger partial charge in [-0.05, 0) is 18.6 Å². The highest BCUT2D eigenvalue weighted by molar-refractivity contribution is 6.35. The van der Waals surface area contributed by atoms with Crippen molar-refractivity contribution >= 4 is 22.5 Å². The van der Waals surface area contributed by atoms with Crippen molar-refractivity contribution < 1.29 is 0 Å². The van der Waals surface area contributed by atoms with E-state index in [1.807, 2.05) is 29.9 Å². The zero-order valence-corrected chi connectivity index (χ0v) is 9.17. The van der Waals surface area contributed by atoms with E-state index in [9.17, 15) is 0 Å². The number of halogens is 1. The van der Waals surface area contributed by atoms with E-state index in [-0.39, 0.29) is 0 Å².